The van der Waals surface area contributed by atoms with Crippen molar-refractivity contribution in [3.63, 3.8) is 0 Å². The van der Waals surface area contributed by atoms with Gasteiger partial charge in [0, 0.05) is 5.56 Å². The standard InChI is InChI=1S/C10H9IO4/c1-6(12)7-2-3-9(15-5-11)8(4-7)10(13)14/h2-4H,5H2,1H3,(H,13,14). The maximum atomic E-state index is 11.1. The minimum absolute atomic E-state index is 0.0133. The molecule has 0 aliphatic heterocycles. The van der Waals surface area contributed by atoms with Gasteiger partial charge in [-0.15, -0.1) is 0 Å². The lowest BCUT2D eigenvalue weighted by Gasteiger charge is -2.07. The Labute approximate surface area is 100 Å². The molecule has 0 unspecified atom stereocenters. The number of halogens is 1. The molecule has 0 saturated carbocycles. The Kier molecular flexibility index (Phi) is 4.07. The predicted octanol–water partition coefficient (Wildman–Crippen LogP) is 2.36. The molecule has 0 bridgehead atoms. The Morgan fingerprint density at radius 3 is 2.60 bits per heavy atom. The van der Waals surface area contributed by atoms with E-state index in [1.807, 2.05) is 22.6 Å². The van der Waals surface area contributed by atoms with Gasteiger partial charge < -0.3 is 9.84 Å². The van der Waals surface area contributed by atoms with Gasteiger partial charge in [-0.05, 0) is 47.7 Å². The smallest absolute Gasteiger partial charge is 0.339 e. The van der Waals surface area contributed by atoms with Crippen molar-refractivity contribution in [3.8, 4) is 5.75 Å². The molecule has 1 N–H and O–H groups in total. The lowest BCUT2D eigenvalue weighted by atomic mass is 10.1. The van der Waals surface area contributed by atoms with Crippen LogP contribution in [0.4, 0.5) is 0 Å². The van der Waals surface area contributed by atoms with Gasteiger partial charge in [0.2, 0.25) is 0 Å². The van der Waals surface area contributed by atoms with Crippen molar-refractivity contribution < 1.29 is 19.4 Å². The fourth-order valence-electron chi connectivity index (χ4n) is 1.10. The molecule has 15 heavy (non-hydrogen) atoms. The average molecular weight is 320 g/mol. The molecule has 0 fully saturated rings. The second-order valence-electron chi connectivity index (χ2n) is 2.83. The molecule has 0 aliphatic carbocycles. The first-order chi connectivity index (χ1) is 7.06. The van der Waals surface area contributed by atoms with Gasteiger partial charge >= 0.3 is 5.97 Å². The Morgan fingerprint density at radius 2 is 2.13 bits per heavy atom. The van der Waals surface area contributed by atoms with Crippen molar-refractivity contribution in [1.29, 1.82) is 0 Å². The number of carbonyl (C=O) groups is 2. The molecule has 4 nitrogen and oxygen atoms in total. The molecule has 80 valence electrons. The number of carboxylic acid groups (broad SMARTS) is 1. The number of ether oxygens (including phenoxy) is 1. The molecular weight excluding hydrogens is 311 g/mol. The molecule has 1 aromatic rings. The first-order valence-electron chi connectivity index (χ1n) is 4.13. The summed E-state index contributed by atoms with van der Waals surface area (Å²) in [6.45, 7) is 1.39. The van der Waals surface area contributed by atoms with Crippen LogP contribution < -0.4 is 4.74 Å². The molecule has 0 amide bonds. The van der Waals surface area contributed by atoms with Gasteiger partial charge in [0.15, 0.2) is 5.78 Å². The highest BCUT2D eigenvalue weighted by molar-refractivity contribution is 14.1. The average Bonchev–Trinajstić information content (AvgIpc) is 2.18. The van der Waals surface area contributed by atoms with Crippen LogP contribution in [0.1, 0.15) is 27.6 Å². The first kappa shape index (κ1) is 12.0. The molecule has 0 saturated heterocycles. The highest BCUT2D eigenvalue weighted by Crippen LogP contribution is 2.21. The van der Waals surface area contributed by atoms with Crippen molar-refractivity contribution in [1.82, 2.24) is 0 Å². The summed E-state index contributed by atoms with van der Waals surface area (Å²) >= 11 is 1.97. The van der Waals surface area contributed by atoms with E-state index in [9.17, 15) is 9.59 Å². The van der Waals surface area contributed by atoms with Crippen LogP contribution in [0.3, 0.4) is 0 Å². The van der Waals surface area contributed by atoms with Gasteiger partial charge in [-0.3, -0.25) is 4.79 Å². The van der Waals surface area contributed by atoms with Gasteiger partial charge in [-0.1, -0.05) is 0 Å². The minimum Gasteiger partial charge on any atom is -0.482 e. The summed E-state index contributed by atoms with van der Waals surface area (Å²) in [7, 11) is 0. The molecule has 1 aromatic carbocycles. The zero-order valence-corrected chi connectivity index (χ0v) is 10.1. The van der Waals surface area contributed by atoms with Crippen LogP contribution in [0.15, 0.2) is 18.2 Å². The summed E-state index contributed by atoms with van der Waals surface area (Å²) in [5, 5.41) is 8.90. The SMILES string of the molecule is CC(=O)c1ccc(OCI)c(C(=O)O)c1. The van der Waals surface area contributed by atoms with E-state index in [0.717, 1.165) is 0 Å². The highest BCUT2D eigenvalue weighted by atomic mass is 127. The van der Waals surface area contributed by atoms with Crippen LogP contribution in [0, 0.1) is 0 Å². The van der Waals surface area contributed by atoms with Crippen LogP contribution in [-0.2, 0) is 0 Å². The monoisotopic (exact) mass is 320 g/mol. The summed E-state index contributed by atoms with van der Waals surface area (Å²) < 4.78 is 5.49. The number of carboxylic acids is 1. The molecular formula is C10H9IO4. The minimum atomic E-state index is -1.10. The molecule has 0 spiro atoms. The van der Waals surface area contributed by atoms with E-state index in [4.69, 9.17) is 9.84 Å². The van der Waals surface area contributed by atoms with Crippen LogP contribution in [0.2, 0.25) is 0 Å². The molecule has 1 rings (SSSR count). The fraction of sp³-hybridized carbons (Fsp3) is 0.200. The number of hydrogen-bond acceptors (Lipinski definition) is 3. The third-order valence-electron chi connectivity index (χ3n) is 1.83. The van der Waals surface area contributed by atoms with Crippen molar-refractivity contribution in [3.05, 3.63) is 29.3 Å². The number of ketones is 1. The molecule has 0 aromatic heterocycles. The second kappa shape index (κ2) is 5.11. The topological polar surface area (TPSA) is 63.6 Å². The Morgan fingerprint density at radius 1 is 1.47 bits per heavy atom. The number of benzene rings is 1. The number of aromatic carboxylic acids is 1. The molecule has 5 heteroatoms. The lowest BCUT2D eigenvalue weighted by Crippen LogP contribution is -2.04. The van der Waals surface area contributed by atoms with Crippen molar-refractivity contribution in [2.45, 2.75) is 6.92 Å². The van der Waals surface area contributed by atoms with Gasteiger partial charge in [0.25, 0.3) is 0 Å². The van der Waals surface area contributed by atoms with Crippen LogP contribution >= 0.6 is 22.6 Å². The van der Waals surface area contributed by atoms with E-state index in [1.165, 1.54) is 19.1 Å². The first-order valence-corrected chi connectivity index (χ1v) is 5.66. The zero-order valence-electron chi connectivity index (χ0n) is 7.99. The second-order valence-corrected chi connectivity index (χ2v) is 3.45. The van der Waals surface area contributed by atoms with E-state index in [-0.39, 0.29) is 17.1 Å². The van der Waals surface area contributed by atoms with Crippen molar-refractivity contribution >= 4 is 34.3 Å². The van der Waals surface area contributed by atoms with Gasteiger partial charge in [0.05, 0.1) is 0 Å². The van der Waals surface area contributed by atoms with E-state index in [0.29, 0.717) is 10.2 Å². The summed E-state index contributed by atoms with van der Waals surface area (Å²) in [4.78, 5) is 21.9. The Bertz CT molecular complexity index is 400. The van der Waals surface area contributed by atoms with Gasteiger partial charge in [-0.2, -0.15) is 0 Å². The number of hydrogen-bond donors (Lipinski definition) is 1. The molecule has 0 aliphatic rings. The van der Waals surface area contributed by atoms with Crippen molar-refractivity contribution in [2.24, 2.45) is 0 Å². The van der Waals surface area contributed by atoms with Gasteiger partial charge in [0.1, 0.15) is 15.9 Å². The van der Waals surface area contributed by atoms with Crippen LogP contribution in [0.5, 0.6) is 5.75 Å². The highest BCUT2D eigenvalue weighted by Gasteiger charge is 2.13. The fourth-order valence-corrected chi connectivity index (χ4v) is 1.44. The maximum absolute atomic E-state index is 11.1. The third-order valence-corrected chi connectivity index (χ3v) is 2.14. The third kappa shape index (κ3) is 2.92. The molecule has 0 atom stereocenters. The summed E-state index contributed by atoms with van der Waals surface area (Å²) in [6.07, 6.45) is 0. The zero-order chi connectivity index (χ0) is 11.4. The number of carbonyl (C=O) groups excluding carboxylic acids is 1. The van der Waals surface area contributed by atoms with Crippen molar-refractivity contribution in [2.75, 3.05) is 4.61 Å². The number of rotatable bonds is 4. The predicted molar refractivity (Wildman–Crippen MR) is 62.9 cm³/mol. The number of Topliss-reactive ketones (excluding diaryl/α,β-unsaturated/α-hetero) is 1. The van der Waals surface area contributed by atoms with Crippen LogP contribution in [-0.4, -0.2) is 21.5 Å². The normalized spacial score (nSPS) is 9.73. The summed E-state index contributed by atoms with van der Waals surface area (Å²) in [5.74, 6) is -0.988. The van der Waals surface area contributed by atoms with Crippen LogP contribution in [0.25, 0.3) is 0 Å². The summed E-state index contributed by atoms with van der Waals surface area (Å²) in [6, 6.07) is 4.38. The largest absolute Gasteiger partial charge is 0.482 e. The lowest BCUT2D eigenvalue weighted by molar-refractivity contribution is 0.0693. The van der Waals surface area contributed by atoms with E-state index in [1.54, 1.807) is 6.07 Å². The summed E-state index contributed by atoms with van der Waals surface area (Å²) in [5.41, 5.74) is 0.382. The van der Waals surface area contributed by atoms with Gasteiger partial charge in [-0.25, -0.2) is 4.79 Å². The number of alkyl halides is 1. The van der Waals surface area contributed by atoms with E-state index < -0.39 is 5.97 Å². The van der Waals surface area contributed by atoms with E-state index in [2.05, 4.69) is 0 Å². The quantitative estimate of drug-likeness (QED) is 0.525. The maximum Gasteiger partial charge on any atom is 0.339 e. The Balaban J connectivity index is 3.20. The van der Waals surface area contributed by atoms with E-state index >= 15 is 0 Å². The Hall–Kier alpha value is -1.11. The molecule has 0 heterocycles. The molecule has 0 radical (unpaired) electrons.